The Morgan fingerprint density at radius 3 is 1.81 bits per heavy atom. The number of carbonyl (C=O) groups is 2. The highest BCUT2D eigenvalue weighted by Crippen LogP contribution is 2.32. The normalized spacial score (nSPS) is 11.3. The average molecular weight is 567 g/mol. The van der Waals surface area contributed by atoms with Crippen molar-refractivity contribution in [1.82, 2.24) is 0 Å². The number of carbonyl (C=O) groups excluding carboxylic acids is 1. The standard InChI is InChI=1S/C38H46O4/c1-3-5-7-9-11-13-19-29-26-34(37(39)40)35(27-30(29)20-14-12-10-8-6-4-2)38(41)42-36-23-17-22-32-31-21-16-15-18-28(31)24-25-33(32)36/h15-18,21-27H,3-14,19-20H2,1-2H3,(H,39,40). The van der Waals surface area contributed by atoms with Gasteiger partial charge in [0, 0.05) is 5.39 Å². The van der Waals surface area contributed by atoms with E-state index in [1.165, 1.54) is 51.4 Å². The van der Waals surface area contributed by atoms with E-state index < -0.39 is 11.9 Å². The Hall–Kier alpha value is -3.66. The lowest BCUT2D eigenvalue weighted by molar-refractivity contribution is 0.0668. The fourth-order valence-electron chi connectivity index (χ4n) is 5.95. The number of esters is 1. The number of fused-ring (bicyclic) bond motifs is 3. The predicted octanol–water partition coefficient (Wildman–Crippen LogP) is 10.7. The Kier molecular flexibility index (Phi) is 12.0. The van der Waals surface area contributed by atoms with E-state index in [1.54, 1.807) is 12.1 Å². The van der Waals surface area contributed by atoms with Gasteiger partial charge in [-0.05, 0) is 77.2 Å². The molecule has 0 saturated heterocycles. The lowest BCUT2D eigenvalue weighted by Gasteiger charge is -2.16. The summed E-state index contributed by atoms with van der Waals surface area (Å²) in [6, 6.07) is 21.3. The number of aromatic carboxylic acids is 1. The van der Waals surface area contributed by atoms with Crippen molar-refractivity contribution >= 4 is 33.5 Å². The number of carboxylic acids is 1. The smallest absolute Gasteiger partial charge is 0.344 e. The fourth-order valence-corrected chi connectivity index (χ4v) is 5.95. The maximum Gasteiger partial charge on any atom is 0.344 e. The van der Waals surface area contributed by atoms with Crippen LogP contribution in [0.2, 0.25) is 0 Å². The molecule has 0 spiro atoms. The van der Waals surface area contributed by atoms with Gasteiger partial charge in [-0.25, -0.2) is 9.59 Å². The lowest BCUT2D eigenvalue weighted by Crippen LogP contribution is -2.16. The van der Waals surface area contributed by atoms with Gasteiger partial charge in [-0.3, -0.25) is 0 Å². The first-order chi connectivity index (χ1) is 20.5. The number of aryl methyl sites for hydroxylation is 2. The molecular weight excluding hydrogens is 520 g/mol. The van der Waals surface area contributed by atoms with Crippen LogP contribution in [0.15, 0.2) is 66.7 Å². The molecule has 1 N–H and O–H groups in total. The molecule has 0 amide bonds. The van der Waals surface area contributed by atoms with Gasteiger partial charge in [-0.1, -0.05) is 121 Å². The Morgan fingerprint density at radius 1 is 0.595 bits per heavy atom. The molecule has 0 bridgehead atoms. The van der Waals surface area contributed by atoms with Gasteiger partial charge < -0.3 is 9.84 Å². The summed E-state index contributed by atoms with van der Waals surface area (Å²) in [5.74, 6) is -1.28. The lowest BCUT2D eigenvalue weighted by atomic mass is 9.91. The van der Waals surface area contributed by atoms with Gasteiger partial charge in [0.05, 0.1) is 11.1 Å². The second-order valence-corrected chi connectivity index (χ2v) is 11.5. The monoisotopic (exact) mass is 566 g/mol. The molecule has 0 saturated carbocycles. The Morgan fingerprint density at radius 2 is 1.17 bits per heavy atom. The minimum absolute atomic E-state index is 0.0263. The number of unbranched alkanes of at least 4 members (excludes halogenated alkanes) is 10. The molecule has 0 aromatic heterocycles. The van der Waals surface area contributed by atoms with E-state index >= 15 is 0 Å². The predicted molar refractivity (Wildman–Crippen MR) is 174 cm³/mol. The molecule has 42 heavy (non-hydrogen) atoms. The van der Waals surface area contributed by atoms with Crippen LogP contribution < -0.4 is 4.74 Å². The Balaban J connectivity index is 1.60. The van der Waals surface area contributed by atoms with E-state index in [2.05, 4.69) is 26.0 Å². The van der Waals surface area contributed by atoms with Crippen LogP contribution in [0.3, 0.4) is 0 Å². The molecule has 0 aliphatic rings. The molecule has 4 rings (SSSR count). The second kappa shape index (κ2) is 16.1. The highest BCUT2D eigenvalue weighted by molar-refractivity contribution is 6.10. The molecule has 0 radical (unpaired) electrons. The van der Waals surface area contributed by atoms with Gasteiger partial charge in [0.2, 0.25) is 0 Å². The van der Waals surface area contributed by atoms with Gasteiger partial charge in [0.25, 0.3) is 0 Å². The molecule has 4 aromatic rings. The minimum atomic E-state index is -1.10. The summed E-state index contributed by atoms with van der Waals surface area (Å²) in [7, 11) is 0. The molecule has 0 aliphatic heterocycles. The number of rotatable bonds is 17. The molecule has 0 aliphatic carbocycles. The van der Waals surface area contributed by atoms with Gasteiger partial charge in [-0.2, -0.15) is 0 Å². The third kappa shape index (κ3) is 8.21. The summed E-state index contributed by atoms with van der Waals surface area (Å²) in [5, 5.41) is 14.2. The summed E-state index contributed by atoms with van der Waals surface area (Å²) in [6.45, 7) is 4.44. The first-order valence-electron chi connectivity index (χ1n) is 16.0. The molecule has 222 valence electrons. The van der Waals surface area contributed by atoms with Crippen LogP contribution in [-0.2, 0) is 12.8 Å². The maximum absolute atomic E-state index is 13.6. The van der Waals surface area contributed by atoms with Crippen LogP contribution in [0, 0.1) is 0 Å². The third-order valence-electron chi connectivity index (χ3n) is 8.34. The van der Waals surface area contributed by atoms with Crippen LogP contribution in [0.5, 0.6) is 5.75 Å². The average Bonchev–Trinajstić information content (AvgIpc) is 3.00. The number of carboxylic acid groups (broad SMARTS) is 1. The molecule has 4 heteroatoms. The Labute approximate surface area is 251 Å². The zero-order chi connectivity index (χ0) is 29.7. The van der Waals surface area contributed by atoms with Crippen LogP contribution >= 0.6 is 0 Å². The zero-order valence-electron chi connectivity index (χ0n) is 25.4. The number of hydrogen-bond donors (Lipinski definition) is 1. The number of hydrogen-bond acceptors (Lipinski definition) is 3. The van der Waals surface area contributed by atoms with E-state index in [0.29, 0.717) is 5.75 Å². The fraction of sp³-hybridized carbons (Fsp3) is 0.421. The number of benzene rings is 4. The highest BCUT2D eigenvalue weighted by Gasteiger charge is 2.22. The van der Waals surface area contributed by atoms with E-state index in [0.717, 1.165) is 71.2 Å². The highest BCUT2D eigenvalue weighted by atomic mass is 16.5. The van der Waals surface area contributed by atoms with Crippen LogP contribution in [0.1, 0.15) is 123 Å². The van der Waals surface area contributed by atoms with Crippen molar-refractivity contribution in [3.8, 4) is 5.75 Å². The van der Waals surface area contributed by atoms with Crippen molar-refractivity contribution < 1.29 is 19.4 Å². The first kappa shape index (κ1) is 31.3. The minimum Gasteiger partial charge on any atom is -0.478 e. The van der Waals surface area contributed by atoms with Crippen LogP contribution in [-0.4, -0.2) is 17.0 Å². The molecule has 0 fully saturated rings. The van der Waals surface area contributed by atoms with E-state index in [1.807, 2.05) is 42.5 Å². The maximum atomic E-state index is 13.6. The largest absolute Gasteiger partial charge is 0.478 e. The SMILES string of the molecule is CCCCCCCCc1cc(C(=O)O)c(C(=O)Oc2cccc3c2ccc2ccccc23)cc1CCCCCCCC. The summed E-state index contributed by atoms with van der Waals surface area (Å²) in [6.07, 6.45) is 15.9. The van der Waals surface area contributed by atoms with Crippen LogP contribution in [0.25, 0.3) is 21.5 Å². The molecular formula is C38H46O4. The van der Waals surface area contributed by atoms with E-state index in [9.17, 15) is 14.7 Å². The molecule has 0 heterocycles. The summed E-state index contributed by atoms with van der Waals surface area (Å²) < 4.78 is 5.95. The molecule has 0 unspecified atom stereocenters. The van der Waals surface area contributed by atoms with Crippen LogP contribution in [0.4, 0.5) is 0 Å². The van der Waals surface area contributed by atoms with Crippen molar-refractivity contribution in [2.75, 3.05) is 0 Å². The van der Waals surface area contributed by atoms with E-state index in [-0.39, 0.29) is 11.1 Å². The first-order valence-corrected chi connectivity index (χ1v) is 16.0. The third-order valence-corrected chi connectivity index (χ3v) is 8.34. The van der Waals surface area contributed by atoms with Gasteiger partial charge in [0.1, 0.15) is 5.75 Å². The van der Waals surface area contributed by atoms with Gasteiger partial charge >= 0.3 is 11.9 Å². The van der Waals surface area contributed by atoms with Crippen molar-refractivity contribution in [3.63, 3.8) is 0 Å². The molecule has 4 aromatic carbocycles. The topological polar surface area (TPSA) is 63.6 Å². The van der Waals surface area contributed by atoms with Crippen molar-refractivity contribution in [3.05, 3.63) is 89.0 Å². The summed E-state index contributed by atoms with van der Waals surface area (Å²) in [4.78, 5) is 26.0. The van der Waals surface area contributed by atoms with E-state index in [4.69, 9.17) is 4.74 Å². The molecule has 0 atom stereocenters. The van der Waals surface area contributed by atoms with Crippen molar-refractivity contribution in [2.24, 2.45) is 0 Å². The van der Waals surface area contributed by atoms with Gasteiger partial charge in [0.15, 0.2) is 0 Å². The molecule has 4 nitrogen and oxygen atoms in total. The number of ether oxygens (including phenoxy) is 1. The van der Waals surface area contributed by atoms with Crippen molar-refractivity contribution in [2.45, 2.75) is 104 Å². The summed E-state index contributed by atoms with van der Waals surface area (Å²) >= 11 is 0. The quantitative estimate of drug-likeness (QED) is 0.0597. The summed E-state index contributed by atoms with van der Waals surface area (Å²) in [5.41, 5.74) is 2.30. The second-order valence-electron chi connectivity index (χ2n) is 11.5. The Bertz CT molecular complexity index is 1490. The van der Waals surface area contributed by atoms with Gasteiger partial charge in [-0.15, -0.1) is 0 Å². The van der Waals surface area contributed by atoms with Crippen molar-refractivity contribution in [1.29, 1.82) is 0 Å². The zero-order valence-corrected chi connectivity index (χ0v) is 25.4.